The van der Waals surface area contributed by atoms with Crippen molar-refractivity contribution in [2.24, 2.45) is 0 Å². The highest BCUT2D eigenvalue weighted by molar-refractivity contribution is 6.01. The van der Waals surface area contributed by atoms with Crippen LogP contribution in [0.25, 0.3) is 5.52 Å². The summed E-state index contributed by atoms with van der Waals surface area (Å²) in [5, 5.41) is 25.7. The third-order valence-corrected chi connectivity index (χ3v) is 4.19. The molecule has 1 unspecified atom stereocenters. The number of rotatable bonds is 5. The Labute approximate surface area is 134 Å². The van der Waals surface area contributed by atoms with Gasteiger partial charge in [-0.3, -0.25) is 4.79 Å². The molecule has 0 radical (unpaired) electrons. The molecule has 2 aromatic rings. The lowest BCUT2D eigenvalue weighted by atomic mass is 10.1. The second kappa shape index (κ2) is 6.17. The van der Waals surface area contributed by atoms with Gasteiger partial charge in [0.25, 0.3) is 5.91 Å². The minimum Gasteiger partial charge on any atom is -0.393 e. The van der Waals surface area contributed by atoms with Crippen molar-refractivity contribution in [3.63, 3.8) is 0 Å². The third-order valence-electron chi connectivity index (χ3n) is 4.19. The summed E-state index contributed by atoms with van der Waals surface area (Å²) in [4.78, 5) is 14.6. The largest absolute Gasteiger partial charge is 0.393 e. The zero-order chi connectivity index (χ0) is 16.4. The minimum absolute atomic E-state index is 0.0223. The molecule has 1 saturated heterocycles. The van der Waals surface area contributed by atoms with E-state index in [2.05, 4.69) is 15.3 Å². The van der Waals surface area contributed by atoms with E-state index in [1.807, 2.05) is 18.3 Å². The molecule has 7 nitrogen and oxygen atoms in total. The Balaban J connectivity index is 1.82. The maximum atomic E-state index is 12.3. The maximum Gasteiger partial charge on any atom is 0.255 e. The molecule has 124 valence electrons. The van der Waals surface area contributed by atoms with Crippen LogP contribution < -0.4 is 10.2 Å². The zero-order valence-corrected chi connectivity index (χ0v) is 13.2. The Morgan fingerprint density at radius 2 is 2.17 bits per heavy atom. The fourth-order valence-corrected chi connectivity index (χ4v) is 2.74. The first-order valence-electron chi connectivity index (χ1n) is 7.84. The fraction of sp³-hybridized carbons (Fsp3) is 0.500. The van der Waals surface area contributed by atoms with E-state index in [1.165, 1.54) is 26.0 Å². The summed E-state index contributed by atoms with van der Waals surface area (Å²) in [7, 11) is 0. The van der Waals surface area contributed by atoms with Gasteiger partial charge in [-0.05, 0) is 31.9 Å². The van der Waals surface area contributed by atoms with Crippen LogP contribution in [-0.2, 0) is 0 Å². The number of amides is 1. The zero-order valence-electron chi connectivity index (χ0n) is 13.2. The van der Waals surface area contributed by atoms with Gasteiger partial charge in [0.2, 0.25) is 0 Å². The Morgan fingerprint density at radius 3 is 2.87 bits per heavy atom. The third kappa shape index (κ3) is 3.30. The lowest BCUT2D eigenvalue weighted by Gasteiger charge is -2.20. The number of carbonyl (C=O) groups excluding carboxylic acids is 1. The van der Waals surface area contributed by atoms with Crippen molar-refractivity contribution in [2.45, 2.75) is 25.4 Å². The average molecular weight is 318 g/mol. The lowest BCUT2D eigenvalue weighted by Crippen LogP contribution is -2.43. The van der Waals surface area contributed by atoms with Crippen molar-refractivity contribution >= 4 is 17.1 Å². The highest BCUT2D eigenvalue weighted by Crippen LogP contribution is 2.23. The van der Waals surface area contributed by atoms with Crippen LogP contribution in [0.4, 0.5) is 5.69 Å². The van der Waals surface area contributed by atoms with Crippen LogP contribution in [0, 0.1) is 0 Å². The number of fused-ring (bicyclic) bond motifs is 1. The van der Waals surface area contributed by atoms with Gasteiger partial charge in [0, 0.05) is 31.5 Å². The van der Waals surface area contributed by atoms with Crippen LogP contribution in [0.3, 0.4) is 0 Å². The van der Waals surface area contributed by atoms with Crippen molar-refractivity contribution in [2.75, 3.05) is 31.1 Å². The number of anilines is 1. The molecule has 0 spiro atoms. The number of aliphatic hydroxyl groups is 2. The highest BCUT2D eigenvalue weighted by Gasteiger charge is 2.22. The van der Waals surface area contributed by atoms with E-state index < -0.39 is 12.2 Å². The first kappa shape index (κ1) is 15.8. The van der Waals surface area contributed by atoms with Crippen molar-refractivity contribution in [1.29, 1.82) is 0 Å². The number of hydrogen-bond acceptors (Lipinski definition) is 5. The van der Waals surface area contributed by atoms with Gasteiger partial charge in [0.15, 0.2) is 0 Å². The van der Waals surface area contributed by atoms with Crippen LogP contribution in [0.1, 0.15) is 30.1 Å². The molecule has 7 heteroatoms. The van der Waals surface area contributed by atoms with E-state index in [0.29, 0.717) is 5.56 Å². The molecule has 0 saturated carbocycles. The molecular weight excluding hydrogens is 296 g/mol. The molecule has 2 aromatic heterocycles. The molecule has 0 aromatic carbocycles. The second-order valence-electron chi connectivity index (χ2n) is 6.30. The second-order valence-corrected chi connectivity index (χ2v) is 6.30. The molecule has 1 atom stereocenters. The Hall–Kier alpha value is -2.12. The molecular formula is C16H22N4O3. The Morgan fingerprint density at radius 1 is 1.43 bits per heavy atom. The number of aromatic nitrogens is 2. The molecule has 0 aliphatic carbocycles. The summed E-state index contributed by atoms with van der Waals surface area (Å²) >= 11 is 0. The number of nitrogens with zero attached hydrogens (tertiary/aromatic N) is 3. The SMILES string of the molecule is CC(O)(CO)CNC(=O)c1cnn2ccc(N3CCCC3)cc12. The Kier molecular flexibility index (Phi) is 4.23. The van der Waals surface area contributed by atoms with Crippen LogP contribution in [0.5, 0.6) is 0 Å². The Bertz CT molecular complexity index is 704. The quantitative estimate of drug-likeness (QED) is 0.743. The van der Waals surface area contributed by atoms with E-state index >= 15 is 0 Å². The monoisotopic (exact) mass is 318 g/mol. The summed E-state index contributed by atoms with van der Waals surface area (Å²) in [5.41, 5.74) is 0.946. The number of pyridine rings is 1. The average Bonchev–Trinajstić information content (AvgIpc) is 3.21. The molecule has 3 N–H and O–H groups in total. The van der Waals surface area contributed by atoms with Gasteiger partial charge in [-0.2, -0.15) is 5.10 Å². The summed E-state index contributed by atoms with van der Waals surface area (Å²) in [6, 6.07) is 3.97. The van der Waals surface area contributed by atoms with Crippen molar-refractivity contribution < 1.29 is 15.0 Å². The van der Waals surface area contributed by atoms with Crippen LogP contribution in [0.2, 0.25) is 0 Å². The van der Waals surface area contributed by atoms with Gasteiger partial charge in [-0.15, -0.1) is 0 Å². The standard InChI is InChI=1S/C16H22N4O3/c1-16(23,11-21)10-17-15(22)13-9-18-20-7-4-12(8-14(13)20)19-5-2-3-6-19/h4,7-9,21,23H,2-3,5-6,10-11H2,1H3,(H,17,22). The molecule has 1 aliphatic heterocycles. The van der Waals surface area contributed by atoms with Crippen LogP contribution in [-0.4, -0.2) is 57.6 Å². The van der Waals surface area contributed by atoms with Crippen LogP contribution >= 0.6 is 0 Å². The number of carbonyl (C=O) groups is 1. The summed E-state index contributed by atoms with van der Waals surface area (Å²) < 4.78 is 1.67. The smallest absolute Gasteiger partial charge is 0.255 e. The number of nitrogens with one attached hydrogen (secondary N) is 1. The minimum atomic E-state index is -1.33. The van der Waals surface area contributed by atoms with E-state index in [9.17, 15) is 9.90 Å². The predicted molar refractivity (Wildman–Crippen MR) is 86.7 cm³/mol. The molecule has 23 heavy (non-hydrogen) atoms. The van der Waals surface area contributed by atoms with Gasteiger partial charge >= 0.3 is 0 Å². The first-order valence-corrected chi connectivity index (χ1v) is 7.84. The number of aliphatic hydroxyl groups excluding tert-OH is 1. The lowest BCUT2D eigenvalue weighted by molar-refractivity contribution is 0.00321. The molecule has 3 rings (SSSR count). The van der Waals surface area contributed by atoms with Gasteiger partial charge in [-0.1, -0.05) is 0 Å². The molecule has 1 amide bonds. The van der Waals surface area contributed by atoms with E-state index in [4.69, 9.17) is 5.11 Å². The van der Waals surface area contributed by atoms with Gasteiger partial charge in [0.1, 0.15) is 5.60 Å². The van der Waals surface area contributed by atoms with Gasteiger partial charge in [-0.25, -0.2) is 4.52 Å². The highest BCUT2D eigenvalue weighted by atomic mass is 16.3. The predicted octanol–water partition coefficient (Wildman–Crippen LogP) is 0.408. The first-order chi connectivity index (χ1) is 11.0. The van der Waals surface area contributed by atoms with Crippen molar-refractivity contribution in [3.8, 4) is 0 Å². The molecule has 3 heterocycles. The van der Waals surface area contributed by atoms with Crippen LogP contribution in [0.15, 0.2) is 24.5 Å². The fourth-order valence-electron chi connectivity index (χ4n) is 2.74. The summed E-state index contributed by atoms with van der Waals surface area (Å²) in [6.45, 7) is 3.10. The van der Waals surface area contributed by atoms with E-state index in [0.717, 1.165) is 24.3 Å². The molecule has 1 aliphatic rings. The normalized spacial score (nSPS) is 17.4. The van der Waals surface area contributed by atoms with E-state index in [-0.39, 0.29) is 12.5 Å². The maximum absolute atomic E-state index is 12.3. The topological polar surface area (TPSA) is 90.1 Å². The molecule has 1 fully saturated rings. The van der Waals surface area contributed by atoms with Gasteiger partial charge in [0.05, 0.1) is 23.9 Å². The summed E-state index contributed by atoms with van der Waals surface area (Å²) in [6.07, 6.45) is 5.75. The van der Waals surface area contributed by atoms with Gasteiger partial charge < -0.3 is 20.4 Å². The molecule has 0 bridgehead atoms. The number of hydrogen-bond donors (Lipinski definition) is 3. The van der Waals surface area contributed by atoms with Crippen molar-refractivity contribution in [3.05, 3.63) is 30.1 Å². The van der Waals surface area contributed by atoms with E-state index in [1.54, 1.807) is 4.52 Å². The summed E-state index contributed by atoms with van der Waals surface area (Å²) in [5.74, 6) is -0.313. The van der Waals surface area contributed by atoms with Crippen molar-refractivity contribution in [1.82, 2.24) is 14.9 Å².